The number of benzene rings is 1. The van der Waals surface area contributed by atoms with Gasteiger partial charge in [-0.1, -0.05) is 12.5 Å². The van der Waals surface area contributed by atoms with Crippen LogP contribution in [0.1, 0.15) is 20.3 Å². The van der Waals surface area contributed by atoms with E-state index in [4.69, 9.17) is 5.11 Å². The standard InChI is InChI=1S/C12H16N2O2/c1-3-9(2)8-13-12(16)14-10-4-6-11(15)7-5-10/h4-8,15H,3H2,1-2H3,(H2,13,14,16)/b9-8+. The number of aromatic hydroxyl groups is 1. The summed E-state index contributed by atoms with van der Waals surface area (Å²) in [5.74, 6) is 0.174. The second kappa shape index (κ2) is 5.80. The average Bonchev–Trinajstić information content (AvgIpc) is 2.29. The van der Waals surface area contributed by atoms with E-state index in [0.717, 1.165) is 12.0 Å². The van der Waals surface area contributed by atoms with Crippen LogP contribution in [0.2, 0.25) is 0 Å². The van der Waals surface area contributed by atoms with Crippen LogP contribution in [0.3, 0.4) is 0 Å². The average molecular weight is 220 g/mol. The Hall–Kier alpha value is -1.97. The quantitative estimate of drug-likeness (QED) is 0.686. The lowest BCUT2D eigenvalue weighted by molar-refractivity contribution is 0.255. The summed E-state index contributed by atoms with van der Waals surface area (Å²) in [4.78, 5) is 11.4. The minimum absolute atomic E-state index is 0.174. The summed E-state index contributed by atoms with van der Waals surface area (Å²) in [6, 6.07) is 6.00. The fourth-order valence-corrected chi connectivity index (χ4v) is 1.00. The Labute approximate surface area is 95.0 Å². The SMILES string of the molecule is CC/C(C)=C/NC(=O)Nc1ccc(O)cc1. The molecule has 1 aromatic rings. The summed E-state index contributed by atoms with van der Waals surface area (Å²) in [6.07, 6.45) is 2.58. The summed E-state index contributed by atoms with van der Waals surface area (Å²) in [7, 11) is 0. The van der Waals surface area contributed by atoms with Crippen molar-refractivity contribution in [3.05, 3.63) is 36.0 Å². The molecule has 0 aliphatic carbocycles. The van der Waals surface area contributed by atoms with Gasteiger partial charge < -0.3 is 15.7 Å². The van der Waals surface area contributed by atoms with E-state index in [-0.39, 0.29) is 11.8 Å². The van der Waals surface area contributed by atoms with Crippen LogP contribution in [0.4, 0.5) is 10.5 Å². The van der Waals surface area contributed by atoms with Gasteiger partial charge in [-0.25, -0.2) is 4.79 Å². The summed E-state index contributed by atoms with van der Waals surface area (Å²) >= 11 is 0. The maximum absolute atomic E-state index is 11.4. The van der Waals surface area contributed by atoms with Gasteiger partial charge in [-0.3, -0.25) is 0 Å². The smallest absolute Gasteiger partial charge is 0.323 e. The lowest BCUT2D eigenvalue weighted by Gasteiger charge is -2.05. The lowest BCUT2D eigenvalue weighted by Crippen LogP contribution is -2.24. The molecule has 0 fully saturated rings. The minimum Gasteiger partial charge on any atom is -0.508 e. The first-order valence-electron chi connectivity index (χ1n) is 5.14. The van der Waals surface area contributed by atoms with E-state index >= 15 is 0 Å². The number of nitrogens with one attached hydrogen (secondary N) is 2. The van der Waals surface area contributed by atoms with E-state index in [2.05, 4.69) is 10.6 Å². The van der Waals surface area contributed by atoms with Gasteiger partial charge >= 0.3 is 6.03 Å². The second-order valence-electron chi connectivity index (χ2n) is 3.49. The maximum atomic E-state index is 11.4. The fraction of sp³-hybridized carbons (Fsp3) is 0.250. The van der Waals surface area contributed by atoms with Crippen LogP contribution in [0.25, 0.3) is 0 Å². The first kappa shape index (κ1) is 12.1. The molecule has 0 aliphatic rings. The van der Waals surface area contributed by atoms with Crippen LogP contribution < -0.4 is 10.6 Å². The molecule has 0 atom stereocenters. The van der Waals surface area contributed by atoms with E-state index in [1.54, 1.807) is 18.3 Å². The van der Waals surface area contributed by atoms with Crippen molar-refractivity contribution in [1.29, 1.82) is 0 Å². The van der Waals surface area contributed by atoms with Crippen LogP contribution in [0, 0.1) is 0 Å². The number of carbonyl (C=O) groups excluding carboxylic acids is 1. The maximum Gasteiger partial charge on any atom is 0.323 e. The molecule has 0 aromatic heterocycles. The number of phenolic OH excluding ortho intramolecular Hbond substituents is 1. The van der Waals surface area contributed by atoms with Gasteiger partial charge in [0.1, 0.15) is 5.75 Å². The number of phenols is 1. The van der Waals surface area contributed by atoms with Gasteiger partial charge in [0.2, 0.25) is 0 Å². The third-order valence-corrected chi connectivity index (χ3v) is 2.13. The van der Waals surface area contributed by atoms with E-state index in [1.165, 1.54) is 12.1 Å². The monoisotopic (exact) mass is 220 g/mol. The van der Waals surface area contributed by atoms with E-state index in [9.17, 15) is 4.79 Å². The first-order valence-corrected chi connectivity index (χ1v) is 5.14. The van der Waals surface area contributed by atoms with E-state index < -0.39 is 0 Å². The van der Waals surface area contributed by atoms with Crippen LogP contribution >= 0.6 is 0 Å². The van der Waals surface area contributed by atoms with Crippen molar-refractivity contribution in [1.82, 2.24) is 5.32 Å². The number of carbonyl (C=O) groups is 1. The molecule has 0 saturated heterocycles. The Balaban J connectivity index is 2.49. The highest BCUT2D eigenvalue weighted by molar-refractivity contribution is 5.89. The zero-order valence-electron chi connectivity index (χ0n) is 9.45. The molecule has 0 bridgehead atoms. The third-order valence-electron chi connectivity index (χ3n) is 2.13. The minimum atomic E-state index is -0.293. The van der Waals surface area contributed by atoms with Crippen molar-refractivity contribution in [3.63, 3.8) is 0 Å². The van der Waals surface area contributed by atoms with Crippen LogP contribution in [0.5, 0.6) is 5.75 Å². The summed E-state index contributed by atoms with van der Waals surface area (Å²) in [5, 5.41) is 14.3. The van der Waals surface area contributed by atoms with Crippen molar-refractivity contribution in [2.24, 2.45) is 0 Å². The van der Waals surface area contributed by atoms with Gasteiger partial charge in [0.05, 0.1) is 0 Å². The predicted octanol–water partition coefficient (Wildman–Crippen LogP) is 2.83. The van der Waals surface area contributed by atoms with Gasteiger partial charge in [-0.05, 0) is 37.6 Å². The van der Waals surface area contributed by atoms with Crippen LogP contribution in [0.15, 0.2) is 36.0 Å². The highest BCUT2D eigenvalue weighted by atomic mass is 16.3. The number of hydrogen-bond acceptors (Lipinski definition) is 2. The zero-order chi connectivity index (χ0) is 12.0. The van der Waals surface area contributed by atoms with Gasteiger partial charge in [-0.2, -0.15) is 0 Å². The summed E-state index contributed by atoms with van der Waals surface area (Å²) in [6.45, 7) is 3.96. The van der Waals surface area contributed by atoms with Gasteiger partial charge in [-0.15, -0.1) is 0 Å². The molecule has 0 radical (unpaired) electrons. The molecule has 4 nitrogen and oxygen atoms in total. The predicted molar refractivity (Wildman–Crippen MR) is 64.3 cm³/mol. The number of amides is 2. The largest absolute Gasteiger partial charge is 0.508 e. The number of hydrogen-bond donors (Lipinski definition) is 3. The molecule has 16 heavy (non-hydrogen) atoms. The fourth-order valence-electron chi connectivity index (χ4n) is 1.00. The van der Waals surface area contributed by atoms with Crippen molar-refractivity contribution in [2.75, 3.05) is 5.32 Å². The number of rotatable bonds is 3. The Morgan fingerprint density at radius 3 is 2.56 bits per heavy atom. The van der Waals surface area contributed by atoms with Gasteiger partial charge in [0, 0.05) is 11.9 Å². The molecule has 1 aromatic carbocycles. The molecule has 0 saturated carbocycles. The molecule has 2 amide bonds. The highest BCUT2D eigenvalue weighted by Crippen LogP contribution is 2.13. The molecular weight excluding hydrogens is 204 g/mol. The molecular formula is C12H16N2O2. The van der Waals surface area contributed by atoms with Gasteiger partial charge in [0.25, 0.3) is 0 Å². The zero-order valence-corrected chi connectivity index (χ0v) is 9.45. The molecule has 1 rings (SSSR count). The Kier molecular flexibility index (Phi) is 4.39. The Bertz CT molecular complexity index is 383. The highest BCUT2D eigenvalue weighted by Gasteiger charge is 1.99. The molecule has 86 valence electrons. The van der Waals surface area contributed by atoms with E-state index in [0.29, 0.717) is 5.69 Å². The molecule has 4 heteroatoms. The van der Waals surface area contributed by atoms with E-state index in [1.807, 2.05) is 13.8 Å². The van der Waals surface area contributed by atoms with Crippen molar-refractivity contribution in [2.45, 2.75) is 20.3 Å². The topological polar surface area (TPSA) is 61.4 Å². The third kappa shape index (κ3) is 4.04. The molecule has 0 heterocycles. The van der Waals surface area contributed by atoms with Crippen LogP contribution in [-0.2, 0) is 0 Å². The molecule has 3 N–H and O–H groups in total. The Morgan fingerprint density at radius 2 is 2.00 bits per heavy atom. The normalized spacial score (nSPS) is 11.0. The van der Waals surface area contributed by atoms with Gasteiger partial charge in [0.15, 0.2) is 0 Å². The van der Waals surface area contributed by atoms with Crippen molar-refractivity contribution in [3.8, 4) is 5.75 Å². The first-order chi connectivity index (χ1) is 7.61. The van der Waals surface area contributed by atoms with Crippen LogP contribution in [-0.4, -0.2) is 11.1 Å². The summed E-state index contributed by atoms with van der Waals surface area (Å²) in [5.41, 5.74) is 1.73. The molecule has 0 unspecified atom stereocenters. The molecule has 0 aliphatic heterocycles. The number of urea groups is 1. The second-order valence-corrected chi connectivity index (χ2v) is 3.49. The molecule has 0 spiro atoms. The Morgan fingerprint density at radius 1 is 1.38 bits per heavy atom. The lowest BCUT2D eigenvalue weighted by atomic mass is 10.3. The van der Waals surface area contributed by atoms with Crippen molar-refractivity contribution < 1.29 is 9.90 Å². The van der Waals surface area contributed by atoms with Crippen molar-refractivity contribution >= 4 is 11.7 Å². The number of allylic oxidation sites excluding steroid dienone is 1. The number of anilines is 1. The summed E-state index contributed by atoms with van der Waals surface area (Å²) < 4.78 is 0.